The van der Waals surface area contributed by atoms with Crippen LogP contribution in [-0.4, -0.2) is 55.2 Å². The zero-order valence-electron chi connectivity index (χ0n) is 21.3. The number of rotatable bonds is 4. The zero-order chi connectivity index (χ0) is 25.8. The van der Waals surface area contributed by atoms with E-state index in [1.165, 1.54) is 16.9 Å². The van der Waals surface area contributed by atoms with Crippen LogP contribution in [0.15, 0.2) is 85.7 Å². The van der Waals surface area contributed by atoms with Crippen LogP contribution in [0.4, 0.5) is 22.9 Å². The van der Waals surface area contributed by atoms with Crippen LogP contribution in [0.2, 0.25) is 0 Å². The molecule has 2 N–H and O–H groups in total. The maximum absolute atomic E-state index is 5.00. The van der Waals surface area contributed by atoms with Crippen molar-refractivity contribution in [2.75, 3.05) is 34.8 Å². The first-order valence-electron chi connectivity index (χ1n) is 13.4. The highest BCUT2D eigenvalue weighted by atomic mass is 15.3. The number of benzene rings is 2. The van der Waals surface area contributed by atoms with E-state index in [0.29, 0.717) is 6.04 Å². The Kier molecular flexibility index (Phi) is 5.01. The SMILES string of the molecule is c1cc(N2CCN3c4ccc(Nc5nc(-c6ccc7cn[nH]c7c6)cn6ccnc56)cc4CCC3C2)ccn1. The minimum atomic E-state index is 0.522. The van der Waals surface area contributed by atoms with E-state index in [0.717, 1.165) is 71.8 Å². The first-order chi connectivity index (χ1) is 19.3. The Morgan fingerprint density at radius 2 is 1.92 bits per heavy atom. The number of pyridine rings is 1. The van der Waals surface area contributed by atoms with E-state index in [-0.39, 0.29) is 0 Å². The number of nitrogens with zero attached hydrogens (tertiary/aromatic N) is 7. The summed E-state index contributed by atoms with van der Waals surface area (Å²) in [4.78, 5) is 18.8. The molecule has 9 nitrogen and oxygen atoms in total. The minimum absolute atomic E-state index is 0.522. The number of aromatic amines is 1. The third kappa shape index (κ3) is 3.85. The van der Waals surface area contributed by atoms with Crippen molar-refractivity contribution < 1.29 is 0 Å². The predicted molar refractivity (Wildman–Crippen MR) is 154 cm³/mol. The highest BCUT2D eigenvalue weighted by molar-refractivity contribution is 5.84. The second-order valence-electron chi connectivity index (χ2n) is 10.3. The summed E-state index contributed by atoms with van der Waals surface area (Å²) in [6.45, 7) is 3.08. The van der Waals surface area contributed by atoms with Crippen molar-refractivity contribution in [3.05, 3.63) is 91.3 Å². The van der Waals surface area contributed by atoms with Crippen molar-refractivity contribution in [1.82, 2.24) is 29.5 Å². The van der Waals surface area contributed by atoms with Crippen molar-refractivity contribution >= 4 is 39.4 Å². The summed E-state index contributed by atoms with van der Waals surface area (Å²) in [5.74, 6) is 0.738. The summed E-state index contributed by atoms with van der Waals surface area (Å²) in [5, 5.41) is 11.9. The summed E-state index contributed by atoms with van der Waals surface area (Å²) in [7, 11) is 0. The van der Waals surface area contributed by atoms with Gasteiger partial charge in [0, 0.05) is 84.7 Å². The molecule has 192 valence electrons. The molecule has 0 bridgehead atoms. The average Bonchev–Trinajstić information content (AvgIpc) is 3.66. The quantitative estimate of drug-likeness (QED) is 0.341. The molecule has 0 aliphatic carbocycles. The van der Waals surface area contributed by atoms with E-state index >= 15 is 0 Å². The van der Waals surface area contributed by atoms with Crippen LogP contribution in [0.1, 0.15) is 12.0 Å². The molecule has 39 heavy (non-hydrogen) atoms. The van der Waals surface area contributed by atoms with Crippen molar-refractivity contribution in [2.45, 2.75) is 18.9 Å². The molecule has 1 atom stereocenters. The van der Waals surface area contributed by atoms with Crippen molar-refractivity contribution in [1.29, 1.82) is 0 Å². The van der Waals surface area contributed by atoms with E-state index in [1.54, 1.807) is 0 Å². The molecule has 6 aromatic rings. The van der Waals surface area contributed by atoms with Crippen LogP contribution < -0.4 is 15.1 Å². The van der Waals surface area contributed by atoms with E-state index in [1.807, 2.05) is 41.6 Å². The van der Waals surface area contributed by atoms with Gasteiger partial charge in [0.25, 0.3) is 0 Å². The summed E-state index contributed by atoms with van der Waals surface area (Å²) in [6.07, 6.45) is 13.6. The fourth-order valence-corrected chi connectivity index (χ4v) is 6.06. The molecule has 1 unspecified atom stereocenters. The molecule has 8 rings (SSSR count). The molecule has 2 aromatic carbocycles. The molecular weight excluding hydrogens is 486 g/mol. The van der Waals surface area contributed by atoms with Crippen LogP contribution in [-0.2, 0) is 6.42 Å². The summed E-state index contributed by atoms with van der Waals surface area (Å²) in [6, 6.07) is 17.7. The number of imidazole rings is 1. The van der Waals surface area contributed by atoms with Crippen LogP contribution in [0.25, 0.3) is 27.8 Å². The maximum atomic E-state index is 5.00. The number of H-pyrrole nitrogens is 1. The first-order valence-corrected chi connectivity index (χ1v) is 13.4. The third-order valence-electron chi connectivity index (χ3n) is 8.02. The Labute approximate surface area is 225 Å². The number of nitrogens with one attached hydrogen (secondary N) is 2. The van der Waals surface area contributed by atoms with E-state index in [9.17, 15) is 0 Å². The maximum Gasteiger partial charge on any atom is 0.180 e. The molecule has 0 saturated carbocycles. The van der Waals surface area contributed by atoms with Crippen LogP contribution in [0, 0.1) is 0 Å². The van der Waals surface area contributed by atoms with Crippen LogP contribution in [0.5, 0.6) is 0 Å². The third-order valence-corrected chi connectivity index (χ3v) is 8.02. The fraction of sp³-hybridized carbons (Fsp3) is 0.200. The Bertz CT molecular complexity index is 1810. The lowest BCUT2D eigenvalue weighted by atomic mass is 9.93. The monoisotopic (exact) mass is 513 g/mol. The molecule has 6 heterocycles. The van der Waals surface area contributed by atoms with Gasteiger partial charge in [-0.15, -0.1) is 0 Å². The van der Waals surface area contributed by atoms with Gasteiger partial charge in [-0.2, -0.15) is 5.10 Å². The molecular formula is C30H27N9. The smallest absolute Gasteiger partial charge is 0.180 e. The molecule has 9 heteroatoms. The molecule has 1 saturated heterocycles. The normalized spacial score (nSPS) is 16.9. The van der Waals surface area contributed by atoms with Gasteiger partial charge >= 0.3 is 0 Å². The molecule has 0 amide bonds. The average molecular weight is 514 g/mol. The Balaban J connectivity index is 1.08. The number of hydrogen-bond donors (Lipinski definition) is 2. The van der Waals surface area contributed by atoms with Gasteiger partial charge in [-0.1, -0.05) is 12.1 Å². The summed E-state index contributed by atoms with van der Waals surface area (Å²) >= 11 is 0. The van der Waals surface area contributed by atoms with Gasteiger partial charge in [-0.05, 0) is 54.8 Å². The first kappa shape index (κ1) is 22.1. The Morgan fingerprint density at radius 3 is 2.87 bits per heavy atom. The standard InChI is InChI=1S/C30H27N9/c1-2-22-17-33-36-26(22)16-20(1)27-19-38-12-11-32-30(38)29(35-27)34-23-4-6-28-21(15-23)3-5-25-18-37(13-14-39(25)28)24-7-9-31-10-8-24/h1-2,4,6-12,15-17,19,25H,3,5,13-14,18H2,(H,33,36)(H,34,35). The lowest BCUT2D eigenvalue weighted by Gasteiger charge is -2.47. The fourth-order valence-electron chi connectivity index (χ4n) is 6.06. The van der Waals surface area contributed by atoms with Gasteiger partial charge in [-0.3, -0.25) is 10.1 Å². The number of fused-ring (bicyclic) bond motifs is 5. The lowest BCUT2D eigenvalue weighted by Crippen LogP contribution is -2.55. The lowest BCUT2D eigenvalue weighted by molar-refractivity contribution is 0.476. The van der Waals surface area contributed by atoms with Gasteiger partial charge in [0.1, 0.15) is 0 Å². The number of anilines is 4. The number of hydrogen-bond acceptors (Lipinski definition) is 7. The largest absolute Gasteiger partial charge is 0.368 e. The zero-order valence-corrected chi connectivity index (χ0v) is 21.3. The van der Waals surface area contributed by atoms with Crippen molar-refractivity contribution in [3.8, 4) is 11.3 Å². The topological polar surface area (TPSA) is 90.3 Å². The second-order valence-corrected chi connectivity index (χ2v) is 10.3. The molecule has 0 spiro atoms. The number of aryl methyl sites for hydroxylation is 1. The van der Waals surface area contributed by atoms with Gasteiger partial charge < -0.3 is 19.5 Å². The van der Waals surface area contributed by atoms with E-state index in [2.05, 4.69) is 83.8 Å². The molecule has 0 radical (unpaired) electrons. The summed E-state index contributed by atoms with van der Waals surface area (Å²) in [5.41, 5.74) is 8.71. The Morgan fingerprint density at radius 1 is 0.974 bits per heavy atom. The predicted octanol–water partition coefficient (Wildman–Crippen LogP) is 5.05. The van der Waals surface area contributed by atoms with Gasteiger partial charge in [0.05, 0.1) is 17.4 Å². The highest BCUT2D eigenvalue weighted by Gasteiger charge is 2.32. The Hall–Kier alpha value is -4.92. The van der Waals surface area contributed by atoms with Crippen molar-refractivity contribution in [2.24, 2.45) is 0 Å². The molecule has 2 aliphatic heterocycles. The van der Waals surface area contributed by atoms with Crippen LogP contribution in [0.3, 0.4) is 0 Å². The molecule has 1 fully saturated rings. The second kappa shape index (κ2) is 8.83. The van der Waals surface area contributed by atoms with Gasteiger partial charge in [0.2, 0.25) is 0 Å². The van der Waals surface area contributed by atoms with E-state index in [4.69, 9.17) is 4.98 Å². The number of aromatic nitrogens is 6. The molecule has 4 aromatic heterocycles. The minimum Gasteiger partial charge on any atom is -0.368 e. The highest BCUT2D eigenvalue weighted by Crippen LogP contribution is 2.36. The van der Waals surface area contributed by atoms with Gasteiger partial charge in [-0.25, -0.2) is 9.97 Å². The van der Waals surface area contributed by atoms with Crippen LogP contribution >= 0.6 is 0 Å². The number of piperazine rings is 1. The molecule has 2 aliphatic rings. The van der Waals surface area contributed by atoms with E-state index < -0.39 is 0 Å². The summed E-state index contributed by atoms with van der Waals surface area (Å²) < 4.78 is 2.02. The van der Waals surface area contributed by atoms with Gasteiger partial charge in [0.15, 0.2) is 11.5 Å². The van der Waals surface area contributed by atoms with Crippen molar-refractivity contribution in [3.63, 3.8) is 0 Å².